The second kappa shape index (κ2) is 9.57. The molecule has 2 aromatic rings. The number of benzene rings is 2. The first-order chi connectivity index (χ1) is 13.2. The maximum absolute atomic E-state index is 10.6. The van der Waals surface area contributed by atoms with Crippen LogP contribution in [0.15, 0.2) is 48.5 Å². The third kappa shape index (κ3) is 6.24. The second-order valence-corrected chi connectivity index (χ2v) is 6.50. The summed E-state index contributed by atoms with van der Waals surface area (Å²) >= 11 is 0. The molecular weight excluding hydrogens is 375 g/mol. The molecule has 8 heteroatoms. The Balaban J connectivity index is 0.000000345. The highest BCUT2D eigenvalue weighted by Gasteiger charge is 2.38. The number of halogens is 3. The average molecular weight is 397 g/mol. The highest BCUT2D eigenvalue weighted by atomic mass is 19.4. The number of likely N-dealkylation sites (tertiary alicyclic amines) is 1. The number of aliphatic hydroxyl groups is 1. The quantitative estimate of drug-likeness (QED) is 0.734. The van der Waals surface area contributed by atoms with Gasteiger partial charge in [-0.25, -0.2) is 4.79 Å². The summed E-state index contributed by atoms with van der Waals surface area (Å²) < 4.78 is 31.7. The molecule has 3 rings (SSSR count). The zero-order chi connectivity index (χ0) is 20.7. The predicted octanol–water partition coefficient (Wildman–Crippen LogP) is 3.65. The van der Waals surface area contributed by atoms with Crippen LogP contribution in [-0.4, -0.2) is 51.6 Å². The minimum atomic E-state index is -5.08. The SMILES string of the molecule is O=C(O)C(F)(F)F.OC[C@@H]1CCCN1Cc1cccc(-c2ccc(O)cc2)c1. The molecular formula is C20H22F3NO4. The van der Waals surface area contributed by atoms with E-state index < -0.39 is 12.1 Å². The number of carbonyl (C=O) groups is 1. The Bertz CT molecular complexity index is 778. The van der Waals surface area contributed by atoms with Crippen molar-refractivity contribution in [1.29, 1.82) is 0 Å². The van der Waals surface area contributed by atoms with Gasteiger partial charge in [-0.15, -0.1) is 0 Å². The van der Waals surface area contributed by atoms with Gasteiger partial charge in [0.25, 0.3) is 0 Å². The largest absolute Gasteiger partial charge is 0.508 e. The van der Waals surface area contributed by atoms with Crippen molar-refractivity contribution in [3.8, 4) is 16.9 Å². The maximum Gasteiger partial charge on any atom is 0.490 e. The maximum atomic E-state index is 10.6. The highest BCUT2D eigenvalue weighted by molar-refractivity contribution is 5.73. The minimum absolute atomic E-state index is 0.248. The van der Waals surface area contributed by atoms with Gasteiger partial charge in [-0.2, -0.15) is 13.2 Å². The van der Waals surface area contributed by atoms with Gasteiger partial charge in [-0.05, 0) is 54.3 Å². The lowest BCUT2D eigenvalue weighted by Crippen LogP contribution is -2.31. The molecule has 5 nitrogen and oxygen atoms in total. The Kier molecular flexibility index (Phi) is 7.42. The third-order valence-electron chi connectivity index (χ3n) is 4.47. The molecule has 0 amide bonds. The van der Waals surface area contributed by atoms with Crippen LogP contribution < -0.4 is 0 Å². The number of phenolic OH excluding ortho intramolecular Hbond substituents is 1. The van der Waals surface area contributed by atoms with Crippen molar-refractivity contribution in [2.45, 2.75) is 31.6 Å². The predicted molar refractivity (Wildman–Crippen MR) is 97.8 cm³/mol. The van der Waals surface area contributed by atoms with E-state index >= 15 is 0 Å². The molecule has 0 aliphatic carbocycles. The van der Waals surface area contributed by atoms with Gasteiger partial charge in [-0.1, -0.05) is 30.3 Å². The molecule has 0 aromatic heterocycles. The molecule has 2 aromatic carbocycles. The molecule has 1 aliphatic heterocycles. The van der Waals surface area contributed by atoms with Crippen molar-refractivity contribution in [1.82, 2.24) is 4.90 Å². The summed E-state index contributed by atoms with van der Waals surface area (Å²) in [6, 6.07) is 16.1. The van der Waals surface area contributed by atoms with Crippen LogP contribution in [0.25, 0.3) is 11.1 Å². The zero-order valence-corrected chi connectivity index (χ0v) is 15.1. The fourth-order valence-electron chi connectivity index (χ4n) is 3.05. The Morgan fingerprint density at radius 2 is 1.75 bits per heavy atom. The van der Waals surface area contributed by atoms with Crippen LogP contribution in [0, 0.1) is 0 Å². The van der Waals surface area contributed by atoms with Gasteiger partial charge in [0.2, 0.25) is 0 Å². The van der Waals surface area contributed by atoms with Crippen molar-refractivity contribution in [2.24, 2.45) is 0 Å². The van der Waals surface area contributed by atoms with E-state index in [1.165, 1.54) is 12.0 Å². The average Bonchev–Trinajstić information content (AvgIpc) is 3.09. The molecule has 1 heterocycles. The number of aromatic hydroxyl groups is 1. The third-order valence-corrected chi connectivity index (χ3v) is 4.47. The van der Waals surface area contributed by atoms with Gasteiger partial charge < -0.3 is 15.3 Å². The van der Waals surface area contributed by atoms with E-state index in [9.17, 15) is 23.4 Å². The Morgan fingerprint density at radius 3 is 2.32 bits per heavy atom. The van der Waals surface area contributed by atoms with Gasteiger partial charge in [-0.3, -0.25) is 4.90 Å². The summed E-state index contributed by atoms with van der Waals surface area (Å²) in [7, 11) is 0. The van der Waals surface area contributed by atoms with Crippen LogP contribution in [0.5, 0.6) is 5.75 Å². The van der Waals surface area contributed by atoms with Gasteiger partial charge >= 0.3 is 12.1 Å². The molecule has 152 valence electrons. The van der Waals surface area contributed by atoms with E-state index in [-0.39, 0.29) is 12.4 Å². The van der Waals surface area contributed by atoms with Crippen molar-refractivity contribution in [3.63, 3.8) is 0 Å². The summed E-state index contributed by atoms with van der Waals surface area (Å²) in [5, 5.41) is 25.9. The normalized spacial score (nSPS) is 17.1. The van der Waals surface area contributed by atoms with E-state index in [0.717, 1.165) is 30.6 Å². The molecule has 0 spiro atoms. The summed E-state index contributed by atoms with van der Waals surface area (Å²) in [6.07, 6.45) is -2.82. The van der Waals surface area contributed by atoms with Crippen molar-refractivity contribution >= 4 is 5.97 Å². The van der Waals surface area contributed by atoms with Gasteiger partial charge in [0, 0.05) is 12.6 Å². The number of carboxylic acids is 1. The monoisotopic (exact) mass is 397 g/mol. The Labute approximate surface area is 160 Å². The lowest BCUT2D eigenvalue weighted by molar-refractivity contribution is -0.192. The lowest BCUT2D eigenvalue weighted by atomic mass is 10.0. The molecule has 0 saturated carbocycles. The van der Waals surface area contributed by atoms with Crippen LogP contribution >= 0.6 is 0 Å². The number of hydrogen-bond donors (Lipinski definition) is 3. The van der Waals surface area contributed by atoms with E-state index in [4.69, 9.17) is 9.90 Å². The smallest absolute Gasteiger partial charge is 0.490 e. The summed E-state index contributed by atoms with van der Waals surface area (Å²) in [6.45, 7) is 2.20. The molecule has 1 fully saturated rings. The van der Waals surface area contributed by atoms with Crippen LogP contribution in [-0.2, 0) is 11.3 Å². The summed E-state index contributed by atoms with van der Waals surface area (Å²) in [5.74, 6) is -2.47. The molecule has 3 N–H and O–H groups in total. The molecule has 1 atom stereocenters. The molecule has 0 radical (unpaired) electrons. The molecule has 1 saturated heterocycles. The highest BCUT2D eigenvalue weighted by Crippen LogP contribution is 2.25. The minimum Gasteiger partial charge on any atom is -0.508 e. The fraction of sp³-hybridized carbons (Fsp3) is 0.350. The van der Waals surface area contributed by atoms with E-state index in [2.05, 4.69) is 29.2 Å². The lowest BCUT2D eigenvalue weighted by Gasteiger charge is -2.22. The van der Waals surface area contributed by atoms with E-state index in [1.807, 2.05) is 12.1 Å². The molecule has 28 heavy (non-hydrogen) atoms. The zero-order valence-electron chi connectivity index (χ0n) is 15.1. The number of aliphatic hydroxyl groups excluding tert-OH is 1. The molecule has 1 aliphatic rings. The van der Waals surface area contributed by atoms with E-state index in [1.54, 1.807) is 12.1 Å². The topological polar surface area (TPSA) is 81.0 Å². The van der Waals surface area contributed by atoms with Crippen LogP contribution in [0.4, 0.5) is 13.2 Å². The Hall–Kier alpha value is -2.58. The van der Waals surface area contributed by atoms with Gasteiger partial charge in [0.15, 0.2) is 0 Å². The number of alkyl halides is 3. The number of rotatable bonds is 4. The summed E-state index contributed by atoms with van der Waals surface area (Å²) in [4.78, 5) is 11.3. The van der Waals surface area contributed by atoms with Crippen LogP contribution in [0.3, 0.4) is 0 Å². The van der Waals surface area contributed by atoms with E-state index in [0.29, 0.717) is 6.04 Å². The van der Waals surface area contributed by atoms with Gasteiger partial charge in [0.05, 0.1) is 6.61 Å². The first-order valence-corrected chi connectivity index (χ1v) is 8.74. The first kappa shape index (κ1) is 21.7. The Morgan fingerprint density at radius 1 is 1.11 bits per heavy atom. The molecule has 0 bridgehead atoms. The number of carboxylic acid groups (broad SMARTS) is 1. The number of nitrogens with zero attached hydrogens (tertiary/aromatic N) is 1. The fourth-order valence-corrected chi connectivity index (χ4v) is 3.05. The molecule has 0 unspecified atom stereocenters. The second-order valence-electron chi connectivity index (χ2n) is 6.50. The summed E-state index contributed by atoms with van der Waals surface area (Å²) in [5.41, 5.74) is 3.53. The van der Waals surface area contributed by atoms with Crippen LogP contribution in [0.1, 0.15) is 18.4 Å². The number of hydrogen-bond acceptors (Lipinski definition) is 4. The van der Waals surface area contributed by atoms with Crippen molar-refractivity contribution in [2.75, 3.05) is 13.2 Å². The first-order valence-electron chi connectivity index (χ1n) is 8.74. The van der Waals surface area contributed by atoms with Crippen molar-refractivity contribution in [3.05, 3.63) is 54.1 Å². The number of phenols is 1. The number of aliphatic carboxylic acids is 1. The van der Waals surface area contributed by atoms with Crippen molar-refractivity contribution < 1.29 is 33.3 Å². The van der Waals surface area contributed by atoms with Crippen LogP contribution in [0.2, 0.25) is 0 Å². The standard InChI is InChI=1S/C18H21NO2.C2HF3O2/c20-13-17-5-2-10-19(17)12-14-3-1-4-16(11-14)15-6-8-18(21)9-7-15;3-2(4,5)1(6)7/h1,3-4,6-9,11,17,20-21H,2,5,10,12-13H2;(H,6,7)/t17-;/m0./s1. The van der Waals surface area contributed by atoms with Gasteiger partial charge in [0.1, 0.15) is 5.75 Å².